The second-order valence-electron chi connectivity index (χ2n) is 7.11. The molecule has 2 heterocycles. The van der Waals surface area contributed by atoms with Gasteiger partial charge in [-0.3, -0.25) is 21.8 Å². The standard InChI is InChI=1S/C16H25IN6O3/c1-20(2)11-7-5-6-10(8-11)18-12(24)9-23-13-14(19-17-23)21(3)16(26)22(4)15(13)25/h10-11H,5-9H2,1-4H3,(H,18,24). The van der Waals surface area contributed by atoms with E-state index in [4.69, 9.17) is 0 Å². The number of hydrogen-bond acceptors (Lipinski definition) is 6. The average molecular weight is 476 g/mol. The van der Waals surface area contributed by atoms with Crippen molar-refractivity contribution < 1.29 is 4.79 Å². The van der Waals surface area contributed by atoms with Crippen LogP contribution in [-0.4, -0.2) is 52.7 Å². The highest BCUT2D eigenvalue weighted by Gasteiger charge is 2.29. The van der Waals surface area contributed by atoms with Gasteiger partial charge in [-0.05, 0) is 39.8 Å². The molecular formula is C16H25IN6O3. The van der Waals surface area contributed by atoms with E-state index in [1.165, 1.54) is 11.6 Å². The number of amides is 1. The van der Waals surface area contributed by atoms with Gasteiger partial charge in [0.1, 0.15) is 27.9 Å². The largest absolute Gasteiger partial charge is 0.352 e. The van der Waals surface area contributed by atoms with Gasteiger partial charge in [-0.15, -0.1) is 0 Å². The normalized spacial score (nSPS) is 22.3. The number of carbonyl (C=O) groups excluding carboxylic acids is 1. The second kappa shape index (κ2) is 7.59. The zero-order valence-corrected chi connectivity index (χ0v) is 17.7. The molecule has 0 radical (unpaired) electrons. The number of hydrogen-bond donors (Lipinski definition) is 1. The third-order valence-electron chi connectivity index (χ3n) is 5.09. The molecule has 9 nitrogen and oxygen atoms in total. The summed E-state index contributed by atoms with van der Waals surface area (Å²) >= 11 is -0.874. The summed E-state index contributed by atoms with van der Waals surface area (Å²) in [5.41, 5.74) is -0.417. The van der Waals surface area contributed by atoms with Crippen molar-refractivity contribution in [3.8, 4) is 0 Å². The molecule has 0 saturated heterocycles. The van der Waals surface area contributed by atoms with Crippen LogP contribution in [0, 0.1) is 0 Å². The Labute approximate surface area is 162 Å². The maximum atomic E-state index is 12.5. The number of nitrogens with one attached hydrogen (secondary N) is 1. The first kappa shape index (κ1) is 19.2. The first-order chi connectivity index (χ1) is 12.3. The van der Waals surface area contributed by atoms with E-state index in [1.54, 1.807) is 10.2 Å². The van der Waals surface area contributed by atoms with Gasteiger partial charge in [-0.25, -0.2) is 4.79 Å². The molecular weight excluding hydrogens is 451 g/mol. The van der Waals surface area contributed by atoms with Gasteiger partial charge in [-0.1, -0.05) is 0 Å². The predicted molar refractivity (Wildman–Crippen MR) is 108 cm³/mol. The number of halogens is 1. The molecule has 0 bridgehead atoms. The summed E-state index contributed by atoms with van der Waals surface area (Å²) in [5, 5.41) is 3.11. The summed E-state index contributed by atoms with van der Waals surface area (Å²) in [7, 11) is 7.19. The Hall–Kier alpha value is -1.56. The molecule has 0 aromatic carbocycles. The molecule has 144 valence electrons. The molecule has 1 aliphatic heterocycles. The summed E-state index contributed by atoms with van der Waals surface area (Å²) in [5.74, 6) is 0.303. The molecule has 2 unspecified atom stereocenters. The van der Waals surface area contributed by atoms with Crippen LogP contribution in [0.5, 0.6) is 0 Å². The van der Waals surface area contributed by atoms with Gasteiger partial charge < -0.3 is 10.2 Å². The Kier molecular flexibility index (Phi) is 5.61. The zero-order valence-electron chi connectivity index (χ0n) is 15.5. The maximum absolute atomic E-state index is 12.5. The molecule has 1 fully saturated rings. The van der Waals surface area contributed by atoms with Gasteiger partial charge in [0.25, 0.3) is 5.56 Å². The number of fused-ring (bicyclic) bond motifs is 1. The van der Waals surface area contributed by atoms with Crippen LogP contribution in [0.2, 0.25) is 0 Å². The molecule has 1 saturated carbocycles. The van der Waals surface area contributed by atoms with Crippen LogP contribution in [0.4, 0.5) is 11.5 Å². The minimum absolute atomic E-state index is 0.0898. The molecule has 1 N–H and O–H groups in total. The summed E-state index contributed by atoms with van der Waals surface area (Å²) in [6.07, 6.45) is 4.20. The SMILES string of the molecule is CN(C)C1CCCC(NC(=O)CN2I=Nc3c2c(=O)n(C)c(=O)n3C)C1. The fraction of sp³-hybridized carbons (Fsp3) is 0.688. The van der Waals surface area contributed by atoms with Crippen molar-refractivity contribution in [3.05, 3.63) is 20.8 Å². The fourth-order valence-electron chi connectivity index (χ4n) is 3.51. The van der Waals surface area contributed by atoms with Crippen molar-refractivity contribution in [2.24, 2.45) is 17.2 Å². The summed E-state index contributed by atoms with van der Waals surface area (Å²) in [6, 6.07) is 0.662. The van der Waals surface area contributed by atoms with E-state index >= 15 is 0 Å². The van der Waals surface area contributed by atoms with Crippen LogP contribution in [0.15, 0.2) is 12.7 Å². The van der Waals surface area contributed by atoms with E-state index in [0.717, 1.165) is 30.3 Å². The molecule has 26 heavy (non-hydrogen) atoms. The van der Waals surface area contributed by atoms with Gasteiger partial charge in [0.15, 0.2) is 11.5 Å². The van der Waals surface area contributed by atoms with Crippen molar-refractivity contribution in [3.63, 3.8) is 0 Å². The van der Waals surface area contributed by atoms with Gasteiger partial charge in [-0.2, -0.15) is 3.15 Å². The molecule has 10 heteroatoms. The zero-order chi connectivity index (χ0) is 19.0. The number of carbonyl (C=O) groups is 1. The van der Waals surface area contributed by atoms with Crippen LogP contribution < -0.4 is 19.7 Å². The third-order valence-corrected chi connectivity index (χ3v) is 7.10. The quantitative estimate of drug-likeness (QED) is 0.508. The van der Waals surface area contributed by atoms with Crippen molar-refractivity contribution in [2.45, 2.75) is 37.8 Å². The topological polar surface area (TPSA) is 91.9 Å². The summed E-state index contributed by atoms with van der Waals surface area (Å²) in [6.45, 7) is 0.111. The van der Waals surface area contributed by atoms with Crippen molar-refractivity contribution in [1.29, 1.82) is 0 Å². The average Bonchev–Trinajstić information content (AvgIpc) is 3.01. The van der Waals surface area contributed by atoms with Gasteiger partial charge in [0.2, 0.25) is 5.91 Å². The van der Waals surface area contributed by atoms with Crippen LogP contribution >= 0.6 is 21.3 Å². The van der Waals surface area contributed by atoms with Gasteiger partial charge >= 0.3 is 5.69 Å². The van der Waals surface area contributed by atoms with Gasteiger partial charge in [0, 0.05) is 26.2 Å². The lowest BCUT2D eigenvalue weighted by Gasteiger charge is -2.34. The Morgan fingerprint density at radius 3 is 2.69 bits per heavy atom. The lowest BCUT2D eigenvalue weighted by atomic mass is 9.90. The lowest BCUT2D eigenvalue weighted by molar-refractivity contribution is -0.120. The van der Waals surface area contributed by atoms with Crippen LogP contribution in [-0.2, 0) is 18.9 Å². The first-order valence-electron chi connectivity index (χ1n) is 8.68. The molecule has 1 aliphatic carbocycles. The minimum Gasteiger partial charge on any atom is -0.352 e. The third kappa shape index (κ3) is 3.61. The van der Waals surface area contributed by atoms with E-state index < -0.39 is 27.0 Å². The molecule has 1 amide bonds. The fourth-order valence-corrected chi connectivity index (χ4v) is 5.63. The second-order valence-corrected chi connectivity index (χ2v) is 9.19. The smallest absolute Gasteiger partial charge is 0.332 e. The predicted octanol–water partition coefficient (Wildman–Crippen LogP) is 0.594. The van der Waals surface area contributed by atoms with E-state index in [1.807, 2.05) is 0 Å². The maximum Gasteiger partial charge on any atom is 0.332 e. The van der Waals surface area contributed by atoms with Crippen molar-refractivity contribution in [2.75, 3.05) is 23.8 Å². The molecule has 1 aromatic rings. The van der Waals surface area contributed by atoms with E-state index in [2.05, 4.69) is 27.5 Å². The van der Waals surface area contributed by atoms with E-state index in [9.17, 15) is 14.4 Å². The summed E-state index contributed by atoms with van der Waals surface area (Å²) < 4.78 is 8.56. The van der Waals surface area contributed by atoms with Crippen LogP contribution in [0.1, 0.15) is 25.7 Å². The number of rotatable bonds is 4. The summed E-state index contributed by atoms with van der Waals surface area (Å²) in [4.78, 5) is 39.2. The molecule has 1 aromatic heterocycles. The van der Waals surface area contributed by atoms with E-state index in [0.29, 0.717) is 17.5 Å². The molecule has 3 rings (SSSR count). The van der Waals surface area contributed by atoms with Gasteiger partial charge in [0.05, 0.1) is 0 Å². The molecule has 2 atom stereocenters. The van der Waals surface area contributed by atoms with Crippen LogP contribution in [0.25, 0.3) is 0 Å². The monoisotopic (exact) mass is 476 g/mol. The Morgan fingerprint density at radius 2 is 2.00 bits per heavy atom. The van der Waals surface area contributed by atoms with Crippen LogP contribution in [0.3, 0.4) is 0 Å². The highest BCUT2D eigenvalue weighted by Crippen LogP contribution is 2.38. The Morgan fingerprint density at radius 1 is 1.27 bits per heavy atom. The number of nitrogens with zero attached hydrogens (tertiary/aromatic N) is 5. The van der Waals surface area contributed by atoms with Crippen molar-refractivity contribution in [1.82, 2.24) is 19.4 Å². The number of aromatic nitrogens is 2. The highest BCUT2D eigenvalue weighted by atomic mass is 127. The number of anilines is 1. The van der Waals surface area contributed by atoms with E-state index in [-0.39, 0.29) is 24.1 Å². The lowest BCUT2D eigenvalue weighted by Crippen LogP contribution is -2.46. The Bertz CT molecular complexity index is 859. The highest BCUT2D eigenvalue weighted by molar-refractivity contribution is 14.2. The van der Waals surface area contributed by atoms with Crippen molar-refractivity contribution >= 4 is 38.7 Å². The molecule has 2 aliphatic rings. The molecule has 0 spiro atoms. The Balaban J connectivity index is 1.71. The minimum atomic E-state index is -0.874. The first-order valence-corrected chi connectivity index (χ1v) is 10.6.